The summed E-state index contributed by atoms with van der Waals surface area (Å²) in [5.41, 5.74) is 1.81. The molecule has 0 unspecified atom stereocenters. The Bertz CT molecular complexity index is 560. The molecule has 0 atom stereocenters. The van der Waals surface area contributed by atoms with E-state index in [2.05, 4.69) is 26.2 Å². The minimum atomic E-state index is -0.144. The lowest BCUT2D eigenvalue weighted by Gasteiger charge is -2.18. The highest BCUT2D eigenvalue weighted by Gasteiger charge is 2.09. The Morgan fingerprint density at radius 1 is 1.32 bits per heavy atom. The van der Waals surface area contributed by atoms with E-state index in [1.165, 1.54) is 0 Å². The molecular weight excluding hydrogens is 306 g/mol. The number of carbonyl (C=O) groups excluding carboxylic acids is 1. The van der Waals surface area contributed by atoms with Crippen molar-refractivity contribution in [2.45, 2.75) is 6.54 Å². The molecule has 2 aromatic rings. The Balaban J connectivity index is 1.96. The number of carbonyl (C=O) groups is 1. The summed E-state index contributed by atoms with van der Waals surface area (Å²) in [7, 11) is 1.76. The Kier molecular flexibility index (Phi) is 4.52. The Morgan fingerprint density at radius 2 is 2.05 bits per heavy atom. The maximum absolute atomic E-state index is 12.0. The fourth-order valence-electron chi connectivity index (χ4n) is 1.62. The van der Waals surface area contributed by atoms with Gasteiger partial charge in [-0.2, -0.15) is 0 Å². The SMILES string of the molecule is CN(Cc1ccncc1)C(=O)Nc1cccc(Br)c1. The molecule has 5 heteroatoms. The van der Waals surface area contributed by atoms with Crippen LogP contribution in [0.3, 0.4) is 0 Å². The molecule has 1 heterocycles. The molecule has 19 heavy (non-hydrogen) atoms. The van der Waals surface area contributed by atoms with E-state index in [0.717, 1.165) is 15.7 Å². The van der Waals surface area contributed by atoms with Gasteiger partial charge in [0.15, 0.2) is 0 Å². The highest BCUT2D eigenvalue weighted by Crippen LogP contribution is 2.16. The van der Waals surface area contributed by atoms with Crippen molar-refractivity contribution in [3.63, 3.8) is 0 Å². The number of anilines is 1. The van der Waals surface area contributed by atoms with Crippen molar-refractivity contribution in [2.24, 2.45) is 0 Å². The van der Waals surface area contributed by atoms with Crippen LogP contribution in [-0.2, 0) is 6.54 Å². The minimum Gasteiger partial charge on any atom is -0.323 e. The molecule has 2 amide bonds. The van der Waals surface area contributed by atoms with Gasteiger partial charge < -0.3 is 10.2 Å². The number of urea groups is 1. The number of hydrogen-bond acceptors (Lipinski definition) is 2. The van der Waals surface area contributed by atoms with Crippen molar-refractivity contribution in [2.75, 3.05) is 12.4 Å². The zero-order valence-corrected chi connectivity index (χ0v) is 12.1. The number of rotatable bonds is 3. The van der Waals surface area contributed by atoms with Crippen molar-refractivity contribution in [3.8, 4) is 0 Å². The molecular formula is C14H14BrN3O. The first-order valence-corrected chi connectivity index (χ1v) is 6.61. The first-order valence-electron chi connectivity index (χ1n) is 5.82. The molecule has 1 N–H and O–H groups in total. The molecule has 0 aliphatic carbocycles. The molecule has 1 aromatic carbocycles. The van der Waals surface area contributed by atoms with Gasteiger partial charge in [-0.15, -0.1) is 0 Å². The van der Waals surface area contributed by atoms with Crippen LogP contribution in [0.4, 0.5) is 10.5 Å². The molecule has 2 rings (SSSR count). The number of halogens is 1. The number of amides is 2. The van der Waals surface area contributed by atoms with E-state index in [4.69, 9.17) is 0 Å². The Morgan fingerprint density at radius 3 is 2.74 bits per heavy atom. The van der Waals surface area contributed by atoms with E-state index in [1.807, 2.05) is 36.4 Å². The van der Waals surface area contributed by atoms with Gasteiger partial charge in [-0.05, 0) is 35.9 Å². The zero-order chi connectivity index (χ0) is 13.7. The van der Waals surface area contributed by atoms with Crippen LogP contribution in [0.15, 0.2) is 53.3 Å². The van der Waals surface area contributed by atoms with Crippen molar-refractivity contribution in [1.82, 2.24) is 9.88 Å². The topological polar surface area (TPSA) is 45.2 Å². The summed E-state index contributed by atoms with van der Waals surface area (Å²) in [6.07, 6.45) is 3.44. The zero-order valence-electron chi connectivity index (χ0n) is 10.5. The number of hydrogen-bond donors (Lipinski definition) is 1. The summed E-state index contributed by atoms with van der Waals surface area (Å²) >= 11 is 3.37. The number of pyridine rings is 1. The number of benzene rings is 1. The highest BCUT2D eigenvalue weighted by molar-refractivity contribution is 9.10. The monoisotopic (exact) mass is 319 g/mol. The standard InChI is InChI=1S/C14H14BrN3O/c1-18(10-11-5-7-16-8-6-11)14(19)17-13-4-2-3-12(15)9-13/h2-9H,10H2,1H3,(H,17,19). The number of nitrogens with zero attached hydrogens (tertiary/aromatic N) is 2. The largest absolute Gasteiger partial charge is 0.323 e. The lowest BCUT2D eigenvalue weighted by atomic mass is 10.2. The molecule has 0 bridgehead atoms. The van der Waals surface area contributed by atoms with E-state index < -0.39 is 0 Å². The maximum atomic E-state index is 12.0. The second-order valence-electron chi connectivity index (χ2n) is 4.15. The van der Waals surface area contributed by atoms with Crippen LogP contribution in [0.2, 0.25) is 0 Å². The number of nitrogens with one attached hydrogen (secondary N) is 1. The summed E-state index contributed by atoms with van der Waals surface area (Å²) in [5.74, 6) is 0. The van der Waals surface area contributed by atoms with E-state index in [0.29, 0.717) is 6.54 Å². The van der Waals surface area contributed by atoms with Crippen molar-refractivity contribution < 1.29 is 4.79 Å². The first kappa shape index (κ1) is 13.5. The van der Waals surface area contributed by atoms with E-state index in [-0.39, 0.29) is 6.03 Å². The van der Waals surface area contributed by atoms with Crippen molar-refractivity contribution in [3.05, 3.63) is 58.8 Å². The molecule has 1 aromatic heterocycles. The molecule has 0 saturated carbocycles. The van der Waals surface area contributed by atoms with E-state index in [1.54, 1.807) is 24.3 Å². The van der Waals surface area contributed by atoms with Gasteiger partial charge in [0, 0.05) is 36.1 Å². The Hall–Kier alpha value is -1.88. The van der Waals surface area contributed by atoms with Crippen LogP contribution in [0.1, 0.15) is 5.56 Å². The van der Waals surface area contributed by atoms with Crippen LogP contribution in [-0.4, -0.2) is 23.0 Å². The van der Waals surface area contributed by atoms with Crippen LogP contribution in [0, 0.1) is 0 Å². The molecule has 0 radical (unpaired) electrons. The third-order valence-electron chi connectivity index (χ3n) is 2.59. The number of aromatic nitrogens is 1. The van der Waals surface area contributed by atoms with Gasteiger partial charge in [-0.25, -0.2) is 4.79 Å². The molecule has 0 aliphatic rings. The fraction of sp³-hybridized carbons (Fsp3) is 0.143. The second-order valence-corrected chi connectivity index (χ2v) is 5.07. The van der Waals surface area contributed by atoms with E-state index >= 15 is 0 Å². The minimum absolute atomic E-state index is 0.144. The summed E-state index contributed by atoms with van der Waals surface area (Å²) in [6, 6.07) is 11.1. The predicted molar refractivity (Wildman–Crippen MR) is 78.9 cm³/mol. The Labute approximate surface area is 120 Å². The third kappa shape index (κ3) is 4.06. The van der Waals surface area contributed by atoms with Gasteiger partial charge in [-0.1, -0.05) is 22.0 Å². The van der Waals surface area contributed by atoms with Gasteiger partial charge in [0.1, 0.15) is 0 Å². The molecule has 98 valence electrons. The average Bonchev–Trinajstić information content (AvgIpc) is 2.40. The molecule has 0 spiro atoms. The summed E-state index contributed by atoms with van der Waals surface area (Å²) in [5, 5.41) is 2.84. The lowest BCUT2D eigenvalue weighted by Crippen LogP contribution is -2.30. The summed E-state index contributed by atoms with van der Waals surface area (Å²) in [6.45, 7) is 0.544. The van der Waals surface area contributed by atoms with Gasteiger partial charge in [-0.3, -0.25) is 4.98 Å². The summed E-state index contributed by atoms with van der Waals surface area (Å²) in [4.78, 5) is 17.6. The molecule has 0 aliphatic heterocycles. The van der Waals surface area contributed by atoms with E-state index in [9.17, 15) is 4.79 Å². The first-order chi connectivity index (χ1) is 9.15. The van der Waals surface area contributed by atoms with Crippen LogP contribution >= 0.6 is 15.9 Å². The smallest absolute Gasteiger partial charge is 0.321 e. The van der Waals surface area contributed by atoms with Crippen molar-refractivity contribution in [1.29, 1.82) is 0 Å². The average molecular weight is 320 g/mol. The quantitative estimate of drug-likeness (QED) is 0.941. The van der Waals surface area contributed by atoms with Crippen LogP contribution in [0.5, 0.6) is 0 Å². The van der Waals surface area contributed by atoms with Gasteiger partial charge in [0.2, 0.25) is 0 Å². The molecule has 0 saturated heterocycles. The van der Waals surface area contributed by atoms with Gasteiger partial charge >= 0.3 is 6.03 Å². The third-order valence-corrected chi connectivity index (χ3v) is 3.08. The fourth-order valence-corrected chi connectivity index (χ4v) is 2.02. The van der Waals surface area contributed by atoms with Crippen LogP contribution < -0.4 is 5.32 Å². The second kappa shape index (κ2) is 6.33. The van der Waals surface area contributed by atoms with Gasteiger partial charge in [0.05, 0.1) is 0 Å². The van der Waals surface area contributed by atoms with Gasteiger partial charge in [0.25, 0.3) is 0 Å². The lowest BCUT2D eigenvalue weighted by molar-refractivity contribution is 0.220. The van der Waals surface area contributed by atoms with Crippen molar-refractivity contribution >= 4 is 27.6 Å². The maximum Gasteiger partial charge on any atom is 0.321 e. The molecule has 4 nitrogen and oxygen atoms in total. The summed E-state index contributed by atoms with van der Waals surface area (Å²) < 4.78 is 0.932. The normalized spacial score (nSPS) is 10.0. The highest BCUT2D eigenvalue weighted by atomic mass is 79.9. The molecule has 0 fully saturated rings. The predicted octanol–water partition coefficient (Wildman–Crippen LogP) is 3.51. The van der Waals surface area contributed by atoms with Crippen LogP contribution in [0.25, 0.3) is 0 Å².